The van der Waals surface area contributed by atoms with Crippen molar-refractivity contribution in [2.45, 2.75) is 51.2 Å². The van der Waals surface area contributed by atoms with Gasteiger partial charge in [0.1, 0.15) is 0 Å². The Balaban J connectivity index is 1.41. The van der Waals surface area contributed by atoms with Gasteiger partial charge in [0.25, 0.3) is 5.91 Å². The number of aromatic nitrogens is 2. The molecule has 1 amide bonds. The van der Waals surface area contributed by atoms with Gasteiger partial charge in [0.15, 0.2) is 0 Å². The fraction of sp³-hybridized carbons (Fsp3) is 0.375. The molecule has 2 unspecified atom stereocenters. The maximum Gasteiger partial charge on any atom is 0.322 e. The third-order valence-corrected chi connectivity index (χ3v) is 7.51. The van der Waals surface area contributed by atoms with Crippen molar-refractivity contribution in [3.63, 3.8) is 0 Å². The van der Waals surface area contributed by atoms with E-state index in [9.17, 15) is 13.2 Å². The van der Waals surface area contributed by atoms with Crippen LogP contribution in [0.4, 0.5) is 6.01 Å². The SMILES string of the molecule is Cc1ccc(Cc2nnc(NC(=O)c3ccc(S(=O)(=O)N4CC(C)OC(C)C4)cc3)o2)c(C)c1. The first-order valence-electron chi connectivity index (χ1n) is 11.1. The Morgan fingerprint density at radius 3 is 2.38 bits per heavy atom. The van der Waals surface area contributed by atoms with Crippen molar-refractivity contribution >= 4 is 21.9 Å². The van der Waals surface area contributed by atoms with Crippen LogP contribution in [0.2, 0.25) is 0 Å². The van der Waals surface area contributed by atoms with Crippen LogP contribution in [0.25, 0.3) is 0 Å². The van der Waals surface area contributed by atoms with Crippen LogP contribution in [-0.2, 0) is 21.2 Å². The van der Waals surface area contributed by atoms with E-state index < -0.39 is 15.9 Å². The van der Waals surface area contributed by atoms with Crippen molar-refractivity contribution in [3.8, 4) is 0 Å². The van der Waals surface area contributed by atoms with E-state index in [4.69, 9.17) is 9.15 Å². The van der Waals surface area contributed by atoms with Gasteiger partial charge in [-0.05, 0) is 63.1 Å². The molecule has 34 heavy (non-hydrogen) atoms. The molecule has 0 aliphatic carbocycles. The minimum Gasteiger partial charge on any atom is -0.407 e. The van der Waals surface area contributed by atoms with E-state index in [2.05, 4.69) is 21.6 Å². The summed E-state index contributed by atoms with van der Waals surface area (Å²) in [5, 5.41) is 10.5. The van der Waals surface area contributed by atoms with Gasteiger partial charge >= 0.3 is 6.01 Å². The molecular formula is C24H28N4O5S. The smallest absolute Gasteiger partial charge is 0.322 e. The van der Waals surface area contributed by atoms with E-state index in [1.54, 1.807) is 0 Å². The lowest BCUT2D eigenvalue weighted by atomic mass is 10.0. The zero-order chi connectivity index (χ0) is 24.5. The molecule has 1 aromatic heterocycles. The number of hydrogen-bond donors (Lipinski definition) is 1. The van der Waals surface area contributed by atoms with Crippen molar-refractivity contribution in [2.75, 3.05) is 18.4 Å². The van der Waals surface area contributed by atoms with Gasteiger partial charge < -0.3 is 9.15 Å². The number of anilines is 1. The Morgan fingerprint density at radius 1 is 1.06 bits per heavy atom. The molecule has 9 nitrogen and oxygen atoms in total. The first kappa shape index (κ1) is 24.1. The number of rotatable bonds is 6. The Morgan fingerprint density at radius 2 is 1.74 bits per heavy atom. The molecule has 1 fully saturated rings. The molecule has 2 atom stereocenters. The Bertz CT molecular complexity index is 1280. The topological polar surface area (TPSA) is 115 Å². The van der Waals surface area contributed by atoms with Crippen molar-refractivity contribution < 1.29 is 22.4 Å². The number of sulfonamides is 1. The Kier molecular flexibility index (Phi) is 6.83. The zero-order valence-corrected chi connectivity index (χ0v) is 20.4. The number of morpholine rings is 1. The number of ether oxygens (including phenoxy) is 1. The van der Waals surface area contributed by atoms with Crippen molar-refractivity contribution in [2.24, 2.45) is 0 Å². The van der Waals surface area contributed by atoms with Crippen LogP contribution in [0.1, 0.15) is 46.8 Å². The van der Waals surface area contributed by atoms with Crippen LogP contribution < -0.4 is 5.32 Å². The predicted molar refractivity (Wildman–Crippen MR) is 126 cm³/mol. The highest BCUT2D eigenvalue weighted by Gasteiger charge is 2.32. The number of carbonyl (C=O) groups is 1. The second-order valence-electron chi connectivity index (χ2n) is 8.67. The van der Waals surface area contributed by atoms with E-state index >= 15 is 0 Å². The van der Waals surface area contributed by atoms with Gasteiger partial charge in [0.2, 0.25) is 15.9 Å². The summed E-state index contributed by atoms with van der Waals surface area (Å²) < 4.78 is 38.6. The molecule has 1 aliphatic rings. The first-order valence-corrected chi connectivity index (χ1v) is 12.5. The van der Waals surface area contributed by atoms with Gasteiger partial charge in [-0.25, -0.2) is 8.42 Å². The molecular weight excluding hydrogens is 456 g/mol. The summed E-state index contributed by atoms with van der Waals surface area (Å²) in [5.41, 5.74) is 3.64. The van der Waals surface area contributed by atoms with E-state index in [-0.39, 0.29) is 41.8 Å². The standard InChI is InChI=1S/C24H28N4O5S/c1-15-5-6-20(16(2)11-15)12-22-26-27-24(33-22)25-23(29)19-7-9-21(10-8-19)34(30,31)28-13-17(3)32-18(4)14-28/h5-11,17-18H,12-14H2,1-4H3,(H,25,27,29). The molecule has 3 aromatic rings. The molecule has 2 aromatic carbocycles. The first-order chi connectivity index (χ1) is 16.1. The highest BCUT2D eigenvalue weighted by Crippen LogP contribution is 2.22. The van der Waals surface area contributed by atoms with Crippen LogP contribution in [0, 0.1) is 13.8 Å². The van der Waals surface area contributed by atoms with Gasteiger partial charge in [0, 0.05) is 18.7 Å². The second kappa shape index (κ2) is 9.65. The molecule has 0 bridgehead atoms. The lowest BCUT2D eigenvalue weighted by molar-refractivity contribution is -0.0440. The number of carbonyl (C=O) groups excluding carboxylic acids is 1. The Labute approximate surface area is 199 Å². The third kappa shape index (κ3) is 5.35. The molecule has 0 spiro atoms. The van der Waals surface area contributed by atoms with Crippen molar-refractivity contribution in [3.05, 3.63) is 70.6 Å². The van der Waals surface area contributed by atoms with Crippen LogP contribution in [0.5, 0.6) is 0 Å². The molecule has 4 rings (SSSR count). The number of nitrogens with one attached hydrogen (secondary N) is 1. The predicted octanol–water partition coefficient (Wildman–Crippen LogP) is 3.33. The van der Waals surface area contributed by atoms with Gasteiger partial charge in [-0.2, -0.15) is 4.31 Å². The molecule has 1 saturated heterocycles. The lowest BCUT2D eigenvalue weighted by Gasteiger charge is -2.34. The van der Waals surface area contributed by atoms with Gasteiger partial charge in [-0.3, -0.25) is 10.1 Å². The average Bonchev–Trinajstić information content (AvgIpc) is 3.22. The fourth-order valence-corrected chi connectivity index (χ4v) is 5.60. The number of nitrogens with zero attached hydrogens (tertiary/aromatic N) is 3. The average molecular weight is 485 g/mol. The monoisotopic (exact) mass is 484 g/mol. The second-order valence-corrected chi connectivity index (χ2v) is 10.6. The fourth-order valence-electron chi connectivity index (χ4n) is 4.01. The third-order valence-electron chi connectivity index (χ3n) is 5.67. The maximum absolute atomic E-state index is 13.0. The largest absolute Gasteiger partial charge is 0.407 e. The minimum atomic E-state index is -3.68. The van der Waals surface area contributed by atoms with Crippen LogP contribution in [0.15, 0.2) is 51.8 Å². The van der Waals surface area contributed by atoms with E-state index in [0.29, 0.717) is 12.3 Å². The van der Waals surface area contributed by atoms with E-state index in [1.807, 2.05) is 39.8 Å². The summed E-state index contributed by atoms with van der Waals surface area (Å²) in [5.74, 6) is -0.0862. The lowest BCUT2D eigenvalue weighted by Crippen LogP contribution is -2.48. The normalized spacial score (nSPS) is 19.2. The molecule has 2 heterocycles. The minimum absolute atomic E-state index is 0.0160. The number of aryl methyl sites for hydroxylation is 2. The van der Waals surface area contributed by atoms with Crippen LogP contribution in [-0.4, -0.2) is 54.1 Å². The summed E-state index contributed by atoms with van der Waals surface area (Å²) in [6.45, 7) is 8.31. The van der Waals surface area contributed by atoms with Crippen LogP contribution >= 0.6 is 0 Å². The molecule has 0 radical (unpaired) electrons. The highest BCUT2D eigenvalue weighted by atomic mass is 32.2. The molecule has 0 saturated carbocycles. The van der Waals surface area contributed by atoms with Gasteiger partial charge in [-0.15, -0.1) is 5.10 Å². The molecule has 1 aliphatic heterocycles. The van der Waals surface area contributed by atoms with Crippen molar-refractivity contribution in [1.29, 1.82) is 0 Å². The summed E-state index contributed by atoms with van der Waals surface area (Å²) >= 11 is 0. The summed E-state index contributed by atoms with van der Waals surface area (Å²) in [6.07, 6.45) is 0.0935. The van der Waals surface area contributed by atoms with Gasteiger partial charge in [-0.1, -0.05) is 28.9 Å². The van der Waals surface area contributed by atoms with E-state index in [1.165, 1.54) is 34.1 Å². The highest BCUT2D eigenvalue weighted by molar-refractivity contribution is 7.89. The summed E-state index contributed by atoms with van der Waals surface area (Å²) in [7, 11) is -3.68. The molecule has 1 N–H and O–H groups in total. The zero-order valence-electron chi connectivity index (χ0n) is 19.6. The Hall–Kier alpha value is -3.08. The summed E-state index contributed by atoms with van der Waals surface area (Å²) in [4.78, 5) is 12.7. The number of amides is 1. The maximum atomic E-state index is 13.0. The number of hydrogen-bond acceptors (Lipinski definition) is 7. The number of benzene rings is 2. The molecule has 180 valence electrons. The van der Waals surface area contributed by atoms with E-state index in [0.717, 1.165) is 11.1 Å². The summed E-state index contributed by atoms with van der Waals surface area (Å²) in [6, 6.07) is 11.9. The molecule has 10 heteroatoms. The van der Waals surface area contributed by atoms with Crippen LogP contribution in [0.3, 0.4) is 0 Å². The van der Waals surface area contributed by atoms with Gasteiger partial charge in [0.05, 0.1) is 23.5 Å². The quantitative estimate of drug-likeness (QED) is 0.571. The van der Waals surface area contributed by atoms with Crippen molar-refractivity contribution in [1.82, 2.24) is 14.5 Å².